The van der Waals surface area contributed by atoms with Crippen molar-refractivity contribution in [1.29, 1.82) is 0 Å². The zero-order valence-corrected chi connectivity index (χ0v) is 17.8. The number of ether oxygens (including phenoxy) is 2. The minimum absolute atomic E-state index is 0. The molecule has 1 aromatic heterocycles. The number of hydrogen-bond acceptors (Lipinski definition) is 8. The van der Waals surface area contributed by atoms with E-state index in [0.717, 1.165) is 0 Å². The second kappa shape index (κ2) is 11.5. The molecule has 28 heavy (non-hydrogen) atoms. The summed E-state index contributed by atoms with van der Waals surface area (Å²) in [6.45, 7) is 4.58. The summed E-state index contributed by atoms with van der Waals surface area (Å²) >= 11 is 12.0. The molecule has 0 aliphatic carbocycles. The maximum Gasteiger partial charge on any atom is 0.233 e. The van der Waals surface area contributed by atoms with Crippen molar-refractivity contribution < 1.29 is 14.6 Å². The van der Waals surface area contributed by atoms with Crippen molar-refractivity contribution in [2.24, 2.45) is 5.84 Å². The highest BCUT2D eigenvalue weighted by Crippen LogP contribution is 2.31. The Morgan fingerprint density at radius 3 is 2.57 bits per heavy atom. The molecule has 1 heterocycles. The highest BCUT2D eigenvalue weighted by Gasteiger charge is 2.20. The van der Waals surface area contributed by atoms with Gasteiger partial charge in [0.15, 0.2) is 5.82 Å². The van der Waals surface area contributed by atoms with Gasteiger partial charge in [0.05, 0.1) is 5.02 Å². The number of hydrogen-bond donors (Lipinski definition) is 4. The number of hydrazine groups is 1. The van der Waals surface area contributed by atoms with E-state index in [0.29, 0.717) is 40.6 Å². The first-order chi connectivity index (χ1) is 12.8. The largest absolute Gasteiger partial charge is 0.489 e. The Balaban J connectivity index is 0.00000392. The second-order valence-corrected chi connectivity index (χ2v) is 7.26. The van der Waals surface area contributed by atoms with Gasteiger partial charge >= 0.3 is 0 Å². The molecule has 0 aliphatic heterocycles. The SMILES string of the molecule is CC(C)(COc1ccc(NN)nn1)NCC(O)COc1cccc(Cl)c1Cl.Cl. The first kappa shape index (κ1) is 24.5. The molecule has 11 heteroatoms. The molecule has 0 aliphatic rings. The van der Waals surface area contributed by atoms with Crippen LogP contribution in [0.2, 0.25) is 10.0 Å². The topological polar surface area (TPSA) is 115 Å². The van der Waals surface area contributed by atoms with Crippen molar-refractivity contribution in [3.63, 3.8) is 0 Å². The molecule has 2 aromatic rings. The average molecular weight is 453 g/mol. The van der Waals surface area contributed by atoms with Crippen LogP contribution in [-0.2, 0) is 0 Å². The molecule has 1 unspecified atom stereocenters. The molecule has 0 bridgehead atoms. The third-order valence-electron chi connectivity index (χ3n) is 3.53. The Morgan fingerprint density at radius 2 is 1.93 bits per heavy atom. The van der Waals surface area contributed by atoms with Crippen LogP contribution in [0.1, 0.15) is 13.8 Å². The lowest BCUT2D eigenvalue weighted by Crippen LogP contribution is -2.48. The van der Waals surface area contributed by atoms with Gasteiger partial charge in [-0.1, -0.05) is 29.3 Å². The molecule has 0 saturated heterocycles. The number of aliphatic hydroxyl groups is 1. The summed E-state index contributed by atoms with van der Waals surface area (Å²) in [4.78, 5) is 0. The lowest BCUT2D eigenvalue weighted by atomic mass is 10.1. The summed E-state index contributed by atoms with van der Waals surface area (Å²) < 4.78 is 11.1. The minimum atomic E-state index is -0.742. The Kier molecular flexibility index (Phi) is 10.0. The van der Waals surface area contributed by atoms with Crippen LogP contribution in [0.25, 0.3) is 0 Å². The van der Waals surface area contributed by atoms with Crippen molar-refractivity contribution in [2.75, 3.05) is 25.2 Å². The Morgan fingerprint density at radius 1 is 1.18 bits per heavy atom. The molecule has 0 spiro atoms. The van der Waals surface area contributed by atoms with Crippen LogP contribution in [0.3, 0.4) is 0 Å². The summed E-state index contributed by atoms with van der Waals surface area (Å²) in [7, 11) is 0. The van der Waals surface area contributed by atoms with Crippen LogP contribution >= 0.6 is 35.6 Å². The van der Waals surface area contributed by atoms with Gasteiger partial charge in [0.1, 0.15) is 30.1 Å². The summed E-state index contributed by atoms with van der Waals surface area (Å²) in [6.07, 6.45) is -0.742. The highest BCUT2D eigenvalue weighted by atomic mass is 35.5. The minimum Gasteiger partial charge on any atom is -0.489 e. The quantitative estimate of drug-likeness (QED) is 0.321. The fourth-order valence-corrected chi connectivity index (χ4v) is 2.36. The van der Waals surface area contributed by atoms with Gasteiger partial charge in [-0.05, 0) is 32.0 Å². The van der Waals surface area contributed by atoms with Crippen LogP contribution in [0.15, 0.2) is 30.3 Å². The Labute approximate surface area is 180 Å². The second-order valence-electron chi connectivity index (χ2n) is 6.47. The number of nitrogens with two attached hydrogens (primary N) is 1. The van der Waals surface area contributed by atoms with E-state index in [1.165, 1.54) is 0 Å². The Hall–Kier alpha value is -1.55. The molecular formula is C17H24Cl3N5O3. The molecule has 1 atom stereocenters. The van der Waals surface area contributed by atoms with Crippen LogP contribution < -0.4 is 26.1 Å². The summed E-state index contributed by atoms with van der Waals surface area (Å²) in [6, 6.07) is 8.41. The fraction of sp³-hybridized carbons (Fsp3) is 0.412. The predicted octanol–water partition coefficient (Wildman–Crippen LogP) is 2.68. The van der Waals surface area contributed by atoms with E-state index in [4.69, 9.17) is 38.5 Å². The molecule has 0 saturated carbocycles. The molecule has 1 aromatic carbocycles. The number of aromatic nitrogens is 2. The first-order valence-electron chi connectivity index (χ1n) is 8.24. The van der Waals surface area contributed by atoms with E-state index < -0.39 is 11.6 Å². The number of nitrogens with zero attached hydrogens (tertiary/aromatic N) is 2. The summed E-state index contributed by atoms with van der Waals surface area (Å²) in [5, 5.41) is 21.8. The molecule has 156 valence electrons. The molecule has 0 fully saturated rings. The molecule has 2 rings (SSSR count). The van der Waals surface area contributed by atoms with Gasteiger partial charge in [0.25, 0.3) is 0 Å². The summed E-state index contributed by atoms with van der Waals surface area (Å²) in [5.74, 6) is 6.49. The van der Waals surface area contributed by atoms with Gasteiger partial charge in [0.2, 0.25) is 5.88 Å². The molecule has 8 nitrogen and oxygen atoms in total. The zero-order chi connectivity index (χ0) is 19.9. The predicted molar refractivity (Wildman–Crippen MR) is 113 cm³/mol. The standard InChI is InChI=1S/C17H23Cl2N5O3.ClH/c1-17(2,10-27-15-7-6-14(22-20)23-24-15)21-8-11(25)9-26-13-5-3-4-12(18)16(13)19;/h3-7,11,21,25H,8-10,20H2,1-2H3,(H,22,23);1H. The van der Waals surface area contributed by atoms with Crippen LogP contribution in [-0.4, -0.2) is 46.7 Å². The van der Waals surface area contributed by atoms with E-state index in [1.807, 2.05) is 13.8 Å². The third-order valence-corrected chi connectivity index (χ3v) is 4.33. The first-order valence-corrected chi connectivity index (χ1v) is 8.99. The number of halogens is 3. The lowest BCUT2D eigenvalue weighted by Gasteiger charge is -2.27. The van der Waals surface area contributed by atoms with Gasteiger partial charge in [-0.25, -0.2) is 5.84 Å². The van der Waals surface area contributed by atoms with E-state index in [1.54, 1.807) is 30.3 Å². The van der Waals surface area contributed by atoms with Crippen LogP contribution in [0, 0.1) is 0 Å². The number of benzene rings is 1. The van der Waals surface area contributed by atoms with Gasteiger partial charge in [-0.15, -0.1) is 22.6 Å². The van der Waals surface area contributed by atoms with Crippen molar-refractivity contribution in [2.45, 2.75) is 25.5 Å². The smallest absolute Gasteiger partial charge is 0.233 e. The maximum atomic E-state index is 10.1. The van der Waals surface area contributed by atoms with E-state index in [-0.39, 0.29) is 19.0 Å². The van der Waals surface area contributed by atoms with E-state index in [9.17, 15) is 5.11 Å². The third kappa shape index (κ3) is 7.83. The number of β-amino-alcohol motifs (C(OH)–C–C–N with tert-alkyl or cyclic N) is 1. The molecule has 0 amide bonds. The van der Waals surface area contributed by atoms with Crippen LogP contribution in [0.5, 0.6) is 11.6 Å². The molecule has 5 N–H and O–H groups in total. The van der Waals surface area contributed by atoms with Gasteiger partial charge in [0, 0.05) is 18.2 Å². The van der Waals surface area contributed by atoms with Gasteiger partial charge < -0.3 is 25.3 Å². The van der Waals surface area contributed by atoms with Crippen molar-refractivity contribution in [1.82, 2.24) is 15.5 Å². The molecule has 0 radical (unpaired) electrons. The number of nitrogen functional groups attached to an aromatic ring is 1. The number of aliphatic hydroxyl groups excluding tert-OH is 1. The average Bonchev–Trinajstić information content (AvgIpc) is 2.66. The van der Waals surface area contributed by atoms with Gasteiger partial charge in [-0.3, -0.25) is 0 Å². The number of nitrogens with one attached hydrogen (secondary N) is 2. The maximum absolute atomic E-state index is 10.1. The monoisotopic (exact) mass is 451 g/mol. The zero-order valence-electron chi connectivity index (χ0n) is 15.5. The highest BCUT2D eigenvalue weighted by molar-refractivity contribution is 6.42. The Bertz CT molecular complexity index is 734. The van der Waals surface area contributed by atoms with Crippen molar-refractivity contribution in [3.8, 4) is 11.6 Å². The molecular weight excluding hydrogens is 429 g/mol. The van der Waals surface area contributed by atoms with Crippen LogP contribution in [0.4, 0.5) is 5.82 Å². The van der Waals surface area contributed by atoms with E-state index in [2.05, 4.69) is 20.9 Å². The number of anilines is 1. The normalized spacial score (nSPS) is 12.1. The van der Waals surface area contributed by atoms with Crippen molar-refractivity contribution in [3.05, 3.63) is 40.4 Å². The van der Waals surface area contributed by atoms with E-state index >= 15 is 0 Å². The number of rotatable bonds is 10. The summed E-state index contributed by atoms with van der Waals surface area (Å²) in [5.41, 5.74) is 1.98. The lowest BCUT2D eigenvalue weighted by molar-refractivity contribution is 0.0923. The van der Waals surface area contributed by atoms with Crippen molar-refractivity contribution >= 4 is 41.4 Å². The van der Waals surface area contributed by atoms with Gasteiger partial charge in [-0.2, -0.15) is 0 Å². The fourth-order valence-electron chi connectivity index (χ4n) is 2.01.